The average Bonchev–Trinajstić information content (AvgIpc) is 2.28. The standard InChI is InChI=1S/C12H12F4N2O3/c13-8-1-3-9(4-2-8)17-10(19)5-18(6-11(20)21)7-12(14,15)16/h1-4H,5-7H2,(H,17,19)(H,20,21). The summed E-state index contributed by atoms with van der Waals surface area (Å²) in [6.45, 7) is -3.18. The molecule has 1 rings (SSSR count). The molecule has 2 N–H and O–H groups in total. The Balaban J connectivity index is 2.62. The summed E-state index contributed by atoms with van der Waals surface area (Å²) in [5.74, 6) is -2.83. The van der Waals surface area contributed by atoms with E-state index in [4.69, 9.17) is 5.11 Å². The fourth-order valence-corrected chi connectivity index (χ4v) is 1.55. The lowest BCUT2D eigenvalue weighted by molar-refractivity contribution is -0.154. The molecule has 0 atom stereocenters. The maximum absolute atomic E-state index is 12.7. The van der Waals surface area contributed by atoms with E-state index in [0.29, 0.717) is 4.90 Å². The van der Waals surface area contributed by atoms with Crippen LogP contribution in [0.2, 0.25) is 0 Å². The van der Waals surface area contributed by atoms with Crippen molar-refractivity contribution < 1.29 is 32.3 Å². The highest BCUT2D eigenvalue weighted by Gasteiger charge is 2.32. The summed E-state index contributed by atoms with van der Waals surface area (Å²) in [6, 6.07) is 4.61. The Morgan fingerprint density at radius 2 is 1.71 bits per heavy atom. The molecule has 116 valence electrons. The number of benzene rings is 1. The molecular formula is C12H12F4N2O3. The van der Waals surface area contributed by atoms with E-state index < -0.39 is 43.5 Å². The molecule has 0 aliphatic rings. The van der Waals surface area contributed by atoms with Crippen LogP contribution in [0, 0.1) is 5.82 Å². The second kappa shape index (κ2) is 7.02. The quantitative estimate of drug-likeness (QED) is 0.785. The molecule has 0 heterocycles. The van der Waals surface area contributed by atoms with Gasteiger partial charge in [0, 0.05) is 5.69 Å². The minimum atomic E-state index is -4.62. The largest absolute Gasteiger partial charge is 0.480 e. The van der Waals surface area contributed by atoms with Crippen molar-refractivity contribution in [3.63, 3.8) is 0 Å². The van der Waals surface area contributed by atoms with Gasteiger partial charge < -0.3 is 10.4 Å². The number of carboxylic acid groups (broad SMARTS) is 1. The molecule has 5 nitrogen and oxygen atoms in total. The smallest absolute Gasteiger partial charge is 0.401 e. The van der Waals surface area contributed by atoms with Gasteiger partial charge in [0.05, 0.1) is 19.6 Å². The number of carboxylic acids is 1. The van der Waals surface area contributed by atoms with Gasteiger partial charge in [-0.25, -0.2) is 4.39 Å². The van der Waals surface area contributed by atoms with Crippen LogP contribution < -0.4 is 5.32 Å². The van der Waals surface area contributed by atoms with Crippen molar-refractivity contribution in [3.8, 4) is 0 Å². The van der Waals surface area contributed by atoms with Crippen LogP contribution in [0.3, 0.4) is 0 Å². The second-order valence-corrected chi connectivity index (χ2v) is 4.21. The van der Waals surface area contributed by atoms with Gasteiger partial charge in [-0.05, 0) is 24.3 Å². The Hall–Kier alpha value is -2.16. The Bertz CT molecular complexity index is 502. The number of rotatable bonds is 6. The fraction of sp³-hybridized carbons (Fsp3) is 0.333. The number of nitrogens with one attached hydrogen (secondary N) is 1. The van der Waals surface area contributed by atoms with E-state index >= 15 is 0 Å². The number of alkyl halides is 3. The van der Waals surface area contributed by atoms with Gasteiger partial charge >= 0.3 is 12.1 Å². The number of aliphatic carboxylic acids is 1. The van der Waals surface area contributed by atoms with Crippen LogP contribution in [0.1, 0.15) is 0 Å². The Labute approximate surface area is 117 Å². The molecule has 1 amide bonds. The van der Waals surface area contributed by atoms with Crippen molar-refractivity contribution in [2.24, 2.45) is 0 Å². The zero-order valence-corrected chi connectivity index (χ0v) is 10.7. The molecule has 0 saturated heterocycles. The topological polar surface area (TPSA) is 69.6 Å². The third kappa shape index (κ3) is 7.25. The zero-order valence-electron chi connectivity index (χ0n) is 10.7. The lowest BCUT2D eigenvalue weighted by atomic mass is 10.3. The third-order valence-electron chi connectivity index (χ3n) is 2.26. The van der Waals surface area contributed by atoms with E-state index in [9.17, 15) is 27.2 Å². The summed E-state index contributed by atoms with van der Waals surface area (Å²) in [6.07, 6.45) is -4.62. The lowest BCUT2D eigenvalue weighted by Crippen LogP contribution is -2.42. The first-order valence-electron chi connectivity index (χ1n) is 5.72. The number of carbonyl (C=O) groups excluding carboxylic acids is 1. The normalized spacial score (nSPS) is 11.5. The SMILES string of the molecule is O=C(O)CN(CC(=O)Nc1ccc(F)cc1)CC(F)(F)F. The highest BCUT2D eigenvalue weighted by Crippen LogP contribution is 2.16. The van der Waals surface area contributed by atoms with E-state index in [2.05, 4.69) is 5.32 Å². The van der Waals surface area contributed by atoms with Crippen molar-refractivity contribution in [2.45, 2.75) is 6.18 Å². The summed E-state index contributed by atoms with van der Waals surface area (Å²) in [4.78, 5) is 22.5. The zero-order chi connectivity index (χ0) is 16.0. The van der Waals surface area contributed by atoms with Crippen LogP contribution in [0.25, 0.3) is 0 Å². The van der Waals surface area contributed by atoms with Crippen LogP contribution in [0.5, 0.6) is 0 Å². The molecule has 0 unspecified atom stereocenters. The lowest BCUT2D eigenvalue weighted by Gasteiger charge is -2.21. The van der Waals surface area contributed by atoms with Crippen LogP contribution in [0.15, 0.2) is 24.3 Å². The van der Waals surface area contributed by atoms with E-state index in [-0.39, 0.29) is 5.69 Å². The third-order valence-corrected chi connectivity index (χ3v) is 2.26. The minimum absolute atomic E-state index is 0.198. The second-order valence-electron chi connectivity index (χ2n) is 4.21. The molecule has 1 aromatic rings. The van der Waals surface area contributed by atoms with Crippen molar-refractivity contribution in [1.29, 1.82) is 0 Å². The summed E-state index contributed by atoms with van der Waals surface area (Å²) >= 11 is 0. The van der Waals surface area contributed by atoms with Gasteiger partial charge in [0.15, 0.2) is 0 Å². The molecule has 9 heteroatoms. The minimum Gasteiger partial charge on any atom is -0.480 e. The first kappa shape index (κ1) is 16.9. The predicted molar refractivity (Wildman–Crippen MR) is 65.2 cm³/mol. The number of nitrogens with zero attached hydrogens (tertiary/aromatic N) is 1. The first-order valence-corrected chi connectivity index (χ1v) is 5.72. The molecular weight excluding hydrogens is 296 g/mol. The molecule has 0 spiro atoms. The maximum Gasteiger partial charge on any atom is 0.401 e. The van der Waals surface area contributed by atoms with Crippen molar-refractivity contribution >= 4 is 17.6 Å². The summed E-state index contributed by atoms with van der Waals surface area (Å²) in [7, 11) is 0. The van der Waals surface area contributed by atoms with Crippen molar-refractivity contribution in [1.82, 2.24) is 4.90 Å². The number of carbonyl (C=O) groups is 2. The number of hydrogen-bond acceptors (Lipinski definition) is 3. The fourth-order valence-electron chi connectivity index (χ4n) is 1.55. The Morgan fingerprint density at radius 1 is 1.14 bits per heavy atom. The van der Waals surface area contributed by atoms with E-state index in [0.717, 1.165) is 12.1 Å². The van der Waals surface area contributed by atoms with Gasteiger partial charge in [-0.1, -0.05) is 0 Å². The molecule has 0 fully saturated rings. The highest BCUT2D eigenvalue weighted by atomic mass is 19.4. The maximum atomic E-state index is 12.7. The van der Waals surface area contributed by atoms with Crippen LogP contribution in [-0.2, 0) is 9.59 Å². The van der Waals surface area contributed by atoms with Crippen molar-refractivity contribution in [2.75, 3.05) is 25.0 Å². The van der Waals surface area contributed by atoms with Gasteiger partial charge in [-0.15, -0.1) is 0 Å². The van der Waals surface area contributed by atoms with Gasteiger partial charge in [0.1, 0.15) is 5.82 Å². The molecule has 0 saturated carbocycles. The Morgan fingerprint density at radius 3 is 2.19 bits per heavy atom. The molecule has 0 bridgehead atoms. The highest BCUT2D eigenvalue weighted by molar-refractivity contribution is 5.92. The van der Waals surface area contributed by atoms with E-state index in [1.165, 1.54) is 12.1 Å². The predicted octanol–water partition coefficient (Wildman–Crippen LogP) is 1.71. The molecule has 21 heavy (non-hydrogen) atoms. The number of hydrogen-bond donors (Lipinski definition) is 2. The van der Waals surface area contributed by atoms with E-state index in [1.807, 2.05) is 0 Å². The van der Waals surface area contributed by atoms with Crippen LogP contribution in [0.4, 0.5) is 23.2 Å². The van der Waals surface area contributed by atoms with Crippen LogP contribution in [-0.4, -0.2) is 47.7 Å². The summed E-state index contributed by atoms with van der Waals surface area (Å²) in [5.41, 5.74) is 0.198. The van der Waals surface area contributed by atoms with Gasteiger partial charge in [0.2, 0.25) is 5.91 Å². The molecule has 1 aromatic carbocycles. The van der Waals surface area contributed by atoms with Gasteiger partial charge in [0.25, 0.3) is 0 Å². The molecule has 0 radical (unpaired) electrons. The summed E-state index contributed by atoms with van der Waals surface area (Å²) < 4.78 is 49.5. The van der Waals surface area contributed by atoms with Crippen LogP contribution >= 0.6 is 0 Å². The first-order chi connectivity index (χ1) is 9.65. The van der Waals surface area contributed by atoms with Crippen molar-refractivity contribution in [3.05, 3.63) is 30.1 Å². The molecule has 0 aliphatic heterocycles. The molecule has 0 aliphatic carbocycles. The molecule has 0 aromatic heterocycles. The Kier molecular flexibility index (Phi) is 5.65. The van der Waals surface area contributed by atoms with E-state index in [1.54, 1.807) is 0 Å². The number of amides is 1. The number of halogens is 4. The monoisotopic (exact) mass is 308 g/mol. The average molecular weight is 308 g/mol. The van der Waals surface area contributed by atoms with Gasteiger partial charge in [-0.3, -0.25) is 14.5 Å². The number of anilines is 1. The van der Waals surface area contributed by atoms with Gasteiger partial charge in [-0.2, -0.15) is 13.2 Å². The summed E-state index contributed by atoms with van der Waals surface area (Å²) in [5, 5.41) is 10.8.